The topological polar surface area (TPSA) is 98.2 Å². The van der Waals surface area contributed by atoms with E-state index in [-0.39, 0.29) is 11.5 Å². The number of aryl methyl sites for hydroxylation is 1. The van der Waals surface area contributed by atoms with Crippen LogP contribution in [-0.4, -0.2) is 40.9 Å². The van der Waals surface area contributed by atoms with Gasteiger partial charge in [0.25, 0.3) is 0 Å². The van der Waals surface area contributed by atoms with Gasteiger partial charge in [0, 0.05) is 0 Å². The number of aliphatic hydroxyl groups excluding tert-OH is 1. The highest BCUT2D eigenvalue weighted by molar-refractivity contribution is 7.91. The lowest BCUT2D eigenvalue weighted by Gasteiger charge is -2.15. The first-order valence-corrected chi connectivity index (χ1v) is 6.83. The van der Waals surface area contributed by atoms with Gasteiger partial charge >= 0.3 is 0 Å². The quantitative estimate of drug-likeness (QED) is 0.689. The molecule has 1 aromatic heterocycles. The van der Waals surface area contributed by atoms with E-state index in [1.165, 1.54) is 4.68 Å². The summed E-state index contributed by atoms with van der Waals surface area (Å²) >= 11 is 0. The Morgan fingerprint density at radius 3 is 2.44 bits per heavy atom. The number of hydrogen-bond acceptors (Lipinski definition) is 5. The number of sulfone groups is 1. The maximum Gasteiger partial charge on any atom is 0.155 e. The van der Waals surface area contributed by atoms with E-state index in [0.717, 1.165) is 0 Å². The van der Waals surface area contributed by atoms with Crippen molar-refractivity contribution in [3.05, 3.63) is 11.4 Å². The standard InChI is InChI=1S/C9H15N3O3S/c1-5-9(10)6(2)12(11-5)7-3-16(14,15)4-8(7)13/h7-8,13H,3-4,10H2,1-2H3. The fraction of sp³-hybridized carbons (Fsp3) is 0.667. The van der Waals surface area contributed by atoms with Crippen LogP contribution in [0.1, 0.15) is 17.4 Å². The summed E-state index contributed by atoms with van der Waals surface area (Å²) in [6.45, 7) is 3.53. The lowest BCUT2D eigenvalue weighted by molar-refractivity contribution is 0.145. The van der Waals surface area contributed by atoms with Gasteiger partial charge in [0.2, 0.25) is 0 Å². The van der Waals surface area contributed by atoms with Crippen LogP contribution in [0.2, 0.25) is 0 Å². The van der Waals surface area contributed by atoms with E-state index in [0.29, 0.717) is 17.1 Å². The van der Waals surface area contributed by atoms with Crippen LogP contribution in [0.5, 0.6) is 0 Å². The van der Waals surface area contributed by atoms with Gasteiger partial charge in [0.15, 0.2) is 9.84 Å². The van der Waals surface area contributed by atoms with Crippen molar-refractivity contribution in [3.8, 4) is 0 Å². The zero-order chi connectivity index (χ0) is 12.1. The Morgan fingerprint density at radius 2 is 2.06 bits per heavy atom. The van der Waals surface area contributed by atoms with Gasteiger partial charge in [-0.05, 0) is 13.8 Å². The van der Waals surface area contributed by atoms with Crippen LogP contribution in [0, 0.1) is 13.8 Å². The van der Waals surface area contributed by atoms with Gasteiger partial charge in [-0.2, -0.15) is 5.10 Å². The summed E-state index contributed by atoms with van der Waals surface area (Å²) in [4.78, 5) is 0. The minimum Gasteiger partial charge on any atom is -0.396 e. The van der Waals surface area contributed by atoms with Crippen LogP contribution >= 0.6 is 0 Å². The molecule has 7 heteroatoms. The maximum absolute atomic E-state index is 11.4. The molecule has 0 spiro atoms. The molecule has 0 radical (unpaired) electrons. The molecule has 0 saturated carbocycles. The SMILES string of the molecule is Cc1nn(C2CS(=O)(=O)CC2O)c(C)c1N. The Kier molecular flexibility index (Phi) is 2.47. The maximum atomic E-state index is 11.4. The third-order valence-corrected chi connectivity index (χ3v) is 4.69. The van der Waals surface area contributed by atoms with E-state index >= 15 is 0 Å². The van der Waals surface area contributed by atoms with Crippen molar-refractivity contribution in [1.82, 2.24) is 9.78 Å². The van der Waals surface area contributed by atoms with Gasteiger partial charge in [-0.15, -0.1) is 0 Å². The first kappa shape index (κ1) is 11.4. The van der Waals surface area contributed by atoms with Crippen LogP contribution < -0.4 is 5.73 Å². The minimum absolute atomic E-state index is 0.0738. The molecule has 0 aliphatic carbocycles. The molecular weight excluding hydrogens is 230 g/mol. The Morgan fingerprint density at radius 1 is 1.44 bits per heavy atom. The molecule has 1 aliphatic rings. The molecule has 3 N–H and O–H groups in total. The zero-order valence-corrected chi connectivity index (χ0v) is 10.0. The number of rotatable bonds is 1. The number of hydrogen-bond donors (Lipinski definition) is 2. The summed E-state index contributed by atoms with van der Waals surface area (Å²) in [5, 5.41) is 13.9. The second-order valence-corrected chi connectivity index (χ2v) is 6.39. The van der Waals surface area contributed by atoms with Crippen molar-refractivity contribution in [2.75, 3.05) is 17.2 Å². The van der Waals surface area contributed by atoms with Crippen molar-refractivity contribution < 1.29 is 13.5 Å². The summed E-state index contributed by atoms with van der Waals surface area (Å²) in [5.41, 5.74) is 7.69. The van der Waals surface area contributed by atoms with Crippen LogP contribution in [0.15, 0.2) is 0 Å². The molecule has 2 unspecified atom stereocenters. The molecule has 1 aromatic rings. The lowest BCUT2D eigenvalue weighted by Crippen LogP contribution is -2.24. The van der Waals surface area contributed by atoms with Gasteiger partial charge in [-0.3, -0.25) is 4.68 Å². The van der Waals surface area contributed by atoms with Crippen LogP contribution in [0.4, 0.5) is 5.69 Å². The largest absolute Gasteiger partial charge is 0.396 e. The average molecular weight is 245 g/mol. The number of anilines is 1. The summed E-state index contributed by atoms with van der Waals surface area (Å²) in [6.07, 6.45) is -0.901. The van der Waals surface area contributed by atoms with Gasteiger partial charge in [-0.25, -0.2) is 8.42 Å². The Balaban J connectivity index is 2.43. The summed E-state index contributed by atoms with van der Waals surface area (Å²) in [7, 11) is -3.16. The number of nitrogens with two attached hydrogens (primary N) is 1. The van der Waals surface area contributed by atoms with E-state index in [4.69, 9.17) is 5.73 Å². The molecule has 0 amide bonds. The van der Waals surface area contributed by atoms with Crippen LogP contribution in [0.25, 0.3) is 0 Å². The van der Waals surface area contributed by atoms with E-state index in [1.54, 1.807) is 13.8 Å². The molecule has 1 aliphatic heterocycles. The van der Waals surface area contributed by atoms with Crippen molar-refractivity contribution >= 4 is 15.5 Å². The van der Waals surface area contributed by atoms with Crippen LogP contribution in [-0.2, 0) is 9.84 Å². The third-order valence-electron chi connectivity index (χ3n) is 2.99. The predicted octanol–water partition coefficient (Wildman–Crippen LogP) is -0.587. The summed E-state index contributed by atoms with van der Waals surface area (Å²) in [6, 6.07) is -0.513. The first-order valence-electron chi connectivity index (χ1n) is 5.01. The summed E-state index contributed by atoms with van der Waals surface area (Å²) in [5.74, 6) is -0.272. The van der Waals surface area contributed by atoms with Crippen molar-refractivity contribution in [3.63, 3.8) is 0 Å². The van der Waals surface area contributed by atoms with Crippen molar-refractivity contribution in [2.24, 2.45) is 0 Å². The predicted molar refractivity (Wildman–Crippen MR) is 59.8 cm³/mol. The molecule has 2 heterocycles. The Hall–Kier alpha value is -1.08. The van der Waals surface area contributed by atoms with E-state index in [2.05, 4.69) is 5.10 Å². The van der Waals surface area contributed by atoms with E-state index < -0.39 is 22.0 Å². The van der Waals surface area contributed by atoms with Crippen LogP contribution in [0.3, 0.4) is 0 Å². The molecule has 2 atom stereocenters. The zero-order valence-electron chi connectivity index (χ0n) is 9.21. The second-order valence-electron chi connectivity index (χ2n) is 4.24. The molecule has 90 valence electrons. The number of nitrogen functional groups attached to an aromatic ring is 1. The third kappa shape index (κ3) is 1.69. The number of aromatic nitrogens is 2. The fourth-order valence-electron chi connectivity index (χ4n) is 2.04. The van der Waals surface area contributed by atoms with E-state index in [9.17, 15) is 13.5 Å². The first-order chi connectivity index (χ1) is 7.32. The van der Waals surface area contributed by atoms with E-state index in [1.807, 2.05) is 0 Å². The highest BCUT2D eigenvalue weighted by atomic mass is 32.2. The van der Waals surface area contributed by atoms with Gasteiger partial charge in [0.05, 0.1) is 40.7 Å². The van der Waals surface area contributed by atoms with Gasteiger partial charge in [0.1, 0.15) is 0 Å². The molecule has 1 saturated heterocycles. The van der Waals surface area contributed by atoms with Gasteiger partial charge < -0.3 is 10.8 Å². The molecule has 0 aromatic carbocycles. The number of nitrogens with zero attached hydrogens (tertiary/aromatic N) is 2. The molecule has 16 heavy (non-hydrogen) atoms. The molecule has 0 bridgehead atoms. The van der Waals surface area contributed by atoms with Crippen molar-refractivity contribution in [2.45, 2.75) is 26.0 Å². The molecular formula is C9H15N3O3S. The molecule has 1 fully saturated rings. The summed E-state index contributed by atoms with van der Waals surface area (Å²) < 4.78 is 24.3. The minimum atomic E-state index is -3.16. The molecule has 6 nitrogen and oxygen atoms in total. The van der Waals surface area contributed by atoms with Gasteiger partial charge in [-0.1, -0.05) is 0 Å². The highest BCUT2D eigenvalue weighted by Crippen LogP contribution is 2.27. The second kappa shape index (κ2) is 3.46. The number of aliphatic hydroxyl groups is 1. The molecule has 2 rings (SSSR count). The fourth-order valence-corrected chi connectivity index (χ4v) is 3.80. The monoisotopic (exact) mass is 245 g/mol. The highest BCUT2D eigenvalue weighted by Gasteiger charge is 2.39. The van der Waals surface area contributed by atoms with Crippen molar-refractivity contribution in [1.29, 1.82) is 0 Å². The average Bonchev–Trinajstić information content (AvgIpc) is 2.57. The lowest BCUT2D eigenvalue weighted by atomic mass is 10.2. The smallest absolute Gasteiger partial charge is 0.155 e. The normalized spacial score (nSPS) is 28.4. The Labute approximate surface area is 94.0 Å². The Bertz CT molecular complexity index is 520.